The van der Waals surface area contributed by atoms with Crippen LogP contribution in [0.2, 0.25) is 0 Å². The van der Waals surface area contributed by atoms with Crippen LogP contribution in [-0.2, 0) is 9.53 Å². The van der Waals surface area contributed by atoms with Crippen molar-refractivity contribution in [1.82, 2.24) is 25.3 Å². The molecule has 1 saturated heterocycles. The summed E-state index contributed by atoms with van der Waals surface area (Å²) in [7, 11) is 1.65. The molecule has 9 nitrogen and oxygen atoms in total. The number of nitrogens with one attached hydrogen (secondary N) is 2. The van der Waals surface area contributed by atoms with Gasteiger partial charge in [0.2, 0.25) is 5.91 Å². The van der Waals surface area contributed by atoms with Gasteiger partial charge in [0.1, 0.15) is 24.2 Å². The summed E-state index contributed by atoms with van der Waals surface area (Å²) in [5.41, 5.74) is 2.37. The third kappa shape index (κ3) is 5.23. The lowest BCUT2D eigenvalue weighted by molar-refractivity contribution is -0.116. The van der Waals surface area contributed by atoms with Gasteiger partial charge in [-0.25, -0.2) is 15.0 Å². The Morgan fingerprint density at radius 2 is 2.22 bits per heavy atom. The number of carbonyl (C=O) groups is 1. The molecule has 0 bridgehead atoms. The van der Waals surface area contributed by atoms with E-state index in [4.69, 9.17) is 9.47 Å². The second-order valence-corrected chi connectivity index (χ2v) is 7.61. The summed E-state index contributed by atoms with van der Waals surface area (Å²) in [6.07, 6.45) is 9.38. The van der Waals surface area contributed by atoms with Crippen LogP contribution in [0.25, 0.3) is 17.2 Å². The van der Waals surface area contributed by atoms with Crippen molar-refractivity contribution in [3.05, 3.63) is 48.6 Å². The number of hydrogen-bond acceptors (Lipinski definition) is 7. The van der Waals surface area contributed by atoms with Crippen LogP contribution in [0.4, 0.5) is 5.82 Å². The zero-order valence-electron chi connectivity index (χ0n) is 18.2. The maximum absolute atomic E-state index is 12.0. The van der Waals surface area contributed by atoms with E-state index >= 15 is 0 Å². The number of hydrogen-bond donors (Lipinski definition) is 2. The highest BCUT2D eigenvalue weighted by Gasteiger charge is 2.28. The predicted octanol–water partition coefficient (Wildman–Crippen LogP) is 2.57. The summed E-state index contributed by atoms with van der Waals surface area (Å²) >= 11 is 0. The first-order valence-corrected chi connectivity index (χ1v) is 10.8. The number of imidazole rings is 1. The van der Waals surface area contributed by atoms with Crippen molar-refractivity contribution in [2.24, 2.45) is 0 Å². The number of anilines is 1. The molecule has 1 atom stereocenters. The van der Waals surface area contributed by atoms with Gasteiger partial charge in [-0.05, 0) is 31.4 Å². The van der Waals surface area contributed by atoms with Crippen LogP contribution in [0.1, 0.15) is 24.8 Å². The van der Waals surface area contributed by atoms with E-state index < -0.39 is 0 Å². The number of amides is 1. The Morgan fingerprint density at radius 3 is 3.12 bits per heavy atom. The van der Waals surface area contributed by atoms with E-state index in [1.165, 1.54) is 6.08 Å². The Bertz CT molecular complexity index is 1070. The standard InChI is InChI=1S/C23H28N6O3/c1-31-13-5-11-24-20(30)10-9-17-6-2-3-8-19(17)32-14-18-7-4-12-29(18)23-21-22(26-15-25-21)27-16-28-23/h2-3,6,8-10,15-16,18H,4-5,7,11-14H2,1H3,(H,24,30)(H,25,26,27,28)/b10-9+/t18-/m1/s1. The van der Waals surface area contributed by atoms with Crippen molar-refractivity contribution >= 4 is 29.0 Å². The van der Waals surface area contributed by atoms with Crippen LogP contribution < -0.4 is 15.0 Å². The number of methoxy groups -OCH3 is 1. The Balaban J connectivity index is 1.39. The molecular formula is C23H28N6O3. The van der Waals surface area contributed by atoms with Crippen molar-refractivity contribution in [2.45, 2.75) is 25.3 Å². The third-order valence-electron chi connectivity index (χ3n) is 5.44. The first-order valence-electron chi connectivity index (χ1n) is 10.8. The smallest absolute Gasteiger partial charge is 0.244 e. The molecule has 0 spiro atoms. The number of H-pyrrole nitrogens is 1. The quantitative estimate of drug-likeness (QED) is 0.372. The Kier molecular flexibility index (Phi) is 7.29. The maximum Gasteiger partial charge on any atom is 0.244 e. The zero-order valence-corrected chi connectivity index (χ0v) is 18.2. The van der Waals surface area contributed by atoms with E-state index in [1.807, 2.05) is 24.3 Å². The summed E-state index contributed by atoms with van der Waals surface area (Å²) in [5.74, 6) is 1.45. The molecule has 32 heavy (non-hydrogen) atoms. The van der Waals surface area contributed by atoms with Gasteiger partial charge in [0.05, 0.1) is 12.4 Å². The lowest BCUT2D eigenvalue weighted by Gasteiger charge is -2.26. The summed E-state index contributed by atoms with van der Waals surface area (Å²) in [6.45, 7) is 2.63. The van der Waals surface area contributed by atoms with Crippen molar-refractivity contribution in [2.75, 3.05) is 38.3 Å². The second kappa shape index (κ2) is 10.7. The van der Waals surface area contributed by atoms with Crippen LogP contribution in [0.5, 0.6) is 5.75 Å². The molecule has 1 aliphatic heterocycles. The van der Waals surface area contributed by atoms with Gasteiger partial charge in [0, 0.05) is 38.4 Å². The van der Waals surface area contributed by atoms with Gasteiger partial charge in [-0.15, -0.1) is 0 Å². The maximum atomic E-state index is 12.0. The van der Waals surface area contributed by atoms with Crippen LogP contribution >= 0.6 is 0 Å². The predicted molar refractivity (Wildman–Crippen MR) is 123 cm³/mol. The van der Waals surface area contributed by atoms with Crippen molar-refractivity contribution in [1.29, 1.82) is 0 Å². The zero-order chi connectivity index (χ0) is 22.2. The first-order chi connectivity index (χ1) is 15.8. The van der Waals surface area contributed by atoms with Gasteiger partial charge in [-0.2, -0.15) is 0 Å². The topological polar surface area (TPSA) is 105 Å². The number of aromatic nitrogens is 4. The minimum absolute atomic E-state index is 0.135. The van der Waals surface area contributed by atoms with Gasteiger partial charge >= 0.3 is 0 Å². The summed E-state index contributed by atoms with van der Waals surface area (Å²) in [6, 6.07) is 7.91. The molecule has 1 amide bonds. The molecule has 1 aliphatic rings. The largest absolute Gasteiger partial charge is 0.491 e. The number of aromatic amines is 1. The molecule has 168 valence electrons. The molecule has 3 aromatic rings. The average Bonchev–Trinajstić information content (AvgIpc) is 3.49. The fraction of sp³-hybridized carbons (Fsp3) is 0.391. The molecular weight excluding hydrogens is 408 g/mol. The van der Waals surface area contributed by atoms with Crippen LogP contribution in [0.15, 0.2) is 43.0 Å². The van der Waals surface area contributed by atoms with Gasteiger partial charge in [0.15, 0.2) is 11.5 Å². The van der Waals surface area contributed by atoms with Crippen LogP contribution in [-0.4, -0.2) is 65.3 Å². The normalized spacial score (nSPS) is 16.2. The van der Waals surface area contributed by atoms with E-state index in [-0.39, 0.29) is 11.9 Å². The van der Waals surface area contributed by atoms with Gasteiger partial charge in [-0.1, -0.05) is 18.2 Å². The molecule has 0 radical (unpaired) electrons. The molecule has 0 aliphatic carbocycles. The molecule has 3 heterocycles. The second-order valence-electron chi connectivity index (χ2n) is 7.61. The summed E-state index contributed by atoms with van der Waals surface area (Å²) in [5, 5.41) is 2.85. The third-order valence-corrected chi connectivity index (χ3v) is 5.44. The molecule has 1 fully saturated rings. The molecule has 4 rings (SSSR count). The highest BCUT2D eigenvalue weighted by atomic mass is 16.5. The highest BCUT2D eigenvalue weighted by molar-refractivity contribution is 5.92. The van der Waals surface area contributed by atoms with Crippen molar-refractivity contribution in [3.63, 3.8) is 0 Å². The highest BCUT2D eigenvalue weighted by Crippen LogP contribution is 2.29. The van der Waals surface area contributed by atoms with Gasteiger partial charge < -0.3 is 24.7 Å². The Morgan fingerprint density at radius 1 is 1.31 bits per heavy atom. The van der Waals surface area contributed by atoms with E-state index in [1.54, 1.807) is 25.8 Å². The Hall–Kier alpha value is -3.46. The van der Waals surface area contributed by atoms with Crippen molar-refractivity contribution < 1.29 is 14.3 Å². The number of rotatable bonds is 10. The van der Waals surface area contributed by atoms with E-state index in [0.717, 1.165) is 54.1 Å². The van der Waals surface area contributed by atoms with E-state index in [9.17, 15) is 4.79 Å². The molecule has 0 unspecified atom stereocenters. The monoisotopic (exact) mass is 436 g/mol. The number of fused-ring (bicyclic) bond motifs is 1. The lowest BCUT2D eigenvalue weighted by atomic mass is 10.2. The fourth-order valence-electron chi connectivity index (χ4n) is 3.84. The molecule has 2 aromatic heterocycles. The SMILES string of the molecule is COCCCNC(=O)/C=C/c1ccccc1OC[C@H]1CCCN1c1ncnc2[nH]cnc12. The number of nitrogens with zero attached hydrogens (tertiary/aromatic N) is 4. The first kappa shape index (κ1) is 21.8. The molecule has 2 N–H and O–H groups in total. The minimum Gasteiger partial charge on any atom is -0.491 e. The average molecular weight is 437 g/mol. The number of ether oxygens (including phenoxy) is 2. The number of benzene rings is 1. The van der Waals surface area contributed by atoms with Crippen LogP contribution in [0.3, 0.4) is 0 Å². The lowest BCUT2D eigenvalue weighted by Crippen LogP contribution is -2.35. The summed E-state index contributed by atoms with van der Waals surface area (Å²) in [4.78, 5) is 30.4. The van der Waals surface area contributed by atoms with E-state index in [0.29, 0.717) is 19.8 Å². The summed E-state index contributed by atoms with van der Waals surface area (Å²) < 4.78 is 11.2. The van der Waals surface area contributed by atoms with Gasteiger partial charge in [-0.3, -0.25) is 4.79 Å². The van der Waals surface area contributed by atoms with Crippen LogP contribution in [0, 0.1) is 0 Å². The fourth-order valence-corrected chi connectivity index (χ4v) is 3.84. The van der Waals surface area contributed by atoms with Gasteiger partial charge in [0.25, 0.3) is 0 Å². The number of para-hydroxylation sites is 1. The van der Waals surface area contributed by atoms with E-state index in [2.05, 4.69) is 30.2 Å². The molecule has 1 aromatic carbocycles. The molecule has 9 heteroatoms. The minimum atomic E-state index is -0.135. The van der Waals surface area contributed by atoms with Crippen molar-refractivity contribution in [3.8, 4) is 5.75 Å². The number of carbonyl (C=O) groups excluding carboxylic acids is 1. The Labute approximate surface area is 186 Å². The molecule has 0 saturated carbocycles.